The van der Waals surface area contributed by atoms with E-state index in [1.165, 1.54) is 0 Å². The third-order valence-electron chi connectivity index (χ3n) is 2.25. The molecule has 0 saturated carbocycles. The molecule has 0 aliphatic carbocycles. The van der Waals surface area contributed by atoms with Gasteiger partial charge in [-0.2, -0.15) is 5.26 Å². The molecule has 5 nitrogen and oxygen atoms in total. The summed E-state index contributed by atoms with van der Waals surface area (Å²) in [6.45, 7) is 5.76. The van der Waals surface area contributed by atoms with Crippen LogP contribution in [0.4, 0.5) is 0 Å². The van der Waals surface area contributed by atoms with Crippen molar-refractivity contribution in [2.45, 2.75) is 39.2 Å². The molecule has 1 amide bonds. The molecule has 86 valence electrons. The lowest BCUT2D eigenvalue weighted by atomic mass is 10.2. The molecule has 0 rings (SSSR count). The van der Waals surface area contributed by atoms with E-state index in [2.05, 4.69) is 30.2 Å². The summed E-state index contributed by atoms with van der Waals surface area (Å²) in [5, 5.41) is 8.49. The summed E-state index contributed by atoms with van der Waals surface area (Å²) in [5.74, 6) is 4.83. The number of hydrogen-bond donors (Lipinski definition) is 2. The summed E-state index contributed by atoms with van der Waals surface area (Å²) in [6, 6.07) is 2.52. The third kappa shape index (κ3) is 6.89. The number of carbonyl (C=O) groups excluding carboxylic acids is 1. The molecule has 0 aromatic carbocycles. The summed E-state index contributed by atoms with van der Waals surface area (Å²) in [7, 11) is 0. The SMILES string of the molecule is CC(C)N(CCC#N)CCCC(=O)NN. The van der Waals surface area contributed by atoms with Crippen LogP contribution in [0.3, 0.4) is 0 Å². The third-order valence-corrected chi connectivity index (χ3v) is 2.25. The fourth-order valence-electron chi connectivity index (χ4n) is 1.34. The maximum Gasteiger partial charge on any atom is 0.233 e. The zero-order valence-electron chi connectivity index (χ0n) is 9.49. The molecular weight excluding hydrogens is 192 g/mol. The van der Waals surface area contributed by atoms with Crippen LogP contribution in [0.5, 0.6) is 0 Å². The number of amides is 1. The minimum absolute atomic E-state index is 0.140. The van der Waals surface area contributed by atoms with Crippen LogP contribution in [0.25, 0.3) is 0 Å². The van der Waals surface area contributed by atoms with Crippen molar-refractivity contribution < 1.29 is 4.79 Å². The van der Waals surface area contributed by atoms with Gasteiger partial charge in [0.2, 0.25) is 5.91 Å². The van der Waals surface area contributed by atoms with Crippen molar-refractivity contribution in [1.82, 2.24) is 10.3 Å². The molecule has 0 fully saturated rings. The van der Waals surface area contributed by atoms with Crippen molar-refractivity contribution in [3.8, 4) is 6.07 Å². The van der Waals surface area contributed by atoms with Crippen LogP contribution in [0.15, 0.2) is 0 Å². The predicted molar refractivity (Wildman–Crippen MR) is 58.5 cm³/mol. The molecule has 0 aromatic rings. The summed E-state index contributed by atoms with van der Waals surface area (Å²) in [5.41, 5.74) is 2.10. The first kappa shape index (κ1) is 13.9. The van der Waals surface area contributed by atoms with Crippen molar-refractivity contribution in [3.05, 3.63) is 0 Å². The summed E-state index contributed by atoms with van der Waals surface area (Å²) in [4.78, 5) is 13.1. The van der Waals surface area contributed by atoms with Gasteiger partial charge in [0.25, 0.3) is 0 Å². The Labute approximate surface area is 91.2 Å². The van der Waals surface area contributed by atoms with Gasteiger partial charge >= 0.3 is 0 Å². The molecule has 0 bridgehead atoms. The molecule has 0 aromatic heterocycles. The molecule has 0 unspecified atom stereocenters. The maximum absolute atomic E-state index is 10.9. The number of nitriles is 1. The highest BCUT2D eigenvalue weighted by Gasteiger charge is 2.09. The number of rotatable bonds is 7. The van der Waals surface area contributed by atoms with E-state index >= 15 is 0 Å². The number of nitrogens with one attached hydrogen (secondary N) is 1. The second-order valence-corrected chi connectivity index (χ2v) is 3.71. The van der Waals surface area contributed by atoms with Crippen LogP contribution in [0.1, 0.15) is 33.1 Å². The van der Waals surface area contributed by atoms with Crippen LogP contribution >= 0.6 is 0 Å². The summed E-state index contributed by atoms with van der Waals surface area (Å²) >= 11 is 0. The molecule has 0 radical (unpaired) electrons. The number of hydrogen-bond acceptors (Lipinski definition) is 4. The largest absolute Gasteiger partial charge is 0.300 e. The van der Waals surface area contributed by atoms with Crippen molar-refractivity contribution in [2.24, 2.45) is 5.84 Å². The second kappa shape index (κ2) is 8.21. The van der Waals surface area contributed by atoms with Gasteiger partial charge in [0.05, 0.1) is 6.07 Å². The molecular formula is C10H20N4O. The Hall–Kier alpha value is -1.12. The van der Waals surface area contributed by atoms with Crippen LogP contribution in [0, 0.1) is 11.3 Å². The smallest absolute Gasteiger partial charge is 0.233 e. The molecule has 0 spiro atoms. The molecule has 0 saturated heterocycles. The van der Waals surface area contributed by atoms with E-state index in [1.807, 2.05) is 0 Å². The van der Waals surface area contributed by atoms with E-state index in [0.717, 1.165) is 19.5 Å². The van der Waals surface area contributed by atoms with Crippen LogP contribution in [-0.4, -0.2) is 29.9 Å². The second-order valence-electron chi connectivity index (χ2n) is 3.71. The van der Waals surface area contributed by atoms with Crippen LogP contribution < -0.4 is 11.3 Å². The number of carbonyl (C=O) groups is 1. The van der Waals surface area contributed by atoms with Crippen molar-refractivity contribution >= 4 is 5.91 Å². The molecule has 0 heterocycles. The number of nitrogens with two attached hydrogens (primary N) is 1. The fraction of sp³-hybridized carbons (Fsp3) is 0.800. The molecule has 0 atom stereocenters. The lowest BCUT2D eigenvalue weighted by Gasteiger charge is -2.25. The van der Waals surface area contributed by atoms with E-state index < -0.39 is 0 Å². The van der Waals surface area contributed by atoms with Crippen LogP contribution in [0.2, 0.25) is 0 Å². The first-order chi connectivity index (χ1) is 7.11. The van der Waals surface area contributed by atoms with Gasteiger partial charge in [-0.15, -0.1) is 0 Å². The minimum atomic E-state index is -0.140. The highest BCUT2D eigenvalue weighted by molar-refractivity contribution is 5.75. The Morgan fingerprint density at radius 1 is 1.53 bits per heavy atom. The zero-order valence-corrected chi connectivity index (χ0v) is 9.49. The Balaban J connectivity index is 3.76. The van der Waals surface area contributed by atoms with Gasteiger partial charge in [0.15, 0.2) is 0 Å². The van der Waals surface area contributed by atoms with E-state index in [9.17, 15) is 4.79 Å². The standard InChI is InChI=1S/C10H20N4O/c1-9(2)14(8-4-6-11)7-3-5-10(15)13-12/h9H,3-5,7-8,12H2,1-2H3,(H,13,15). The van der Waals surface area contributed by atoms with E-state index in [1.54, 1.807) is 0 Å². The van der Waals surface area contributed by atoms with Gasteiger partial charge in [0, 0.05) is 25.4 Å². The highest BCUT2D eigenvalue weighted by atomic mass is 16.2. The molecule has 3 N–H and O–H groups in total. The van der Waals surface area contributed by atoms with Gasteiger partial charge < -0.3 is 0 Å². The highest BCUT2D eigenvalue weighted by Crippen LogP contribution is 2.02. The van der Waals surface area contributed by atoms with Crippen molar-refractivity contribution in [3.63, 3.8) is 0 Å². The first-order valence-electron chi connectivity index (χ1n) is 5.22. The monoisotopic (exact) mass is 212 g/mol. The lowest BCUT2D eigenvalue weighted by molar-refractivity contribution is -0.121. The maximum atomic E-state index is 10.9. The van der Waals surface area contributed by atoms with Gasteiger partial charge in [-0.3, -0.25) is 15.1 Å². The average Bonchev–Trinajstić information content (AvgIpc) is 2.22. The molecule has 0 aliphatic heterocycles. The van der Waals surface area contributed by atoms with Crippen LogP contribution in [-0.2, 0) is 4.79 Å². The topological polar surface area (TPSA) is 82.2 Å². The Morgan fingerprint density at radius 2 is 2.20 bits per heavy atom. The van der Waals surface area contributed by atoms with Gasteiger partial charge in [-0.1, -0.05) is 0 Å². The minimum Gasteiger partial charge on any atom is -0.300 e. The molecule has 0 aliphatic rings. The van der Waals surface area contributed by atoms with Gasteiger partial charge in [0.1, 0.15) is 0 Å². The van der Waals surface area contributed by atoms with E-state index in [4.69, 9.17) is 11.1 Å². The molecule has 15 heavy (non-hydrogen) atoms. The van der Waals surface area contributed by atoms with Crippen molar-refractivity contribution in [2.75, 3.05) is 13.1 Å². The molecule has 5 heteroatoms. The zero-order chi connectivity index (χ0) is 11.7. The summed E-state index contributed by atoms with van der Waals surface area (Å²) in [6.07, 6.45) is 1.74. The average molecular weight is 212 g/mol. The van der Waals surface area contributed by atoms with Gasteiger partial charge in [-0.05, 0) is 26.8 Å². The summed E-state index contributed by atoms with van der Waals surface area (Å²) < 4.78 is 0. The quantitative estimate of drug-likeness (QED) is 0.363. The fourth-order valence-corrected chi connectivity index (χ4v) is 1.34. The number of nitrogens with zero attached hydrogens (tertiary/aromatic N) is 2. The van der Waals surface area contributed by atoms with E-state index in [-0.39, 0.29) is 5.91 Å². The van der Waals surface area contributed by atoms with Crippen molar-refractivity contribution in [1.29, 1.82) is 5.26 Å². The predicted octanol–water partition coefficient (Wildman–Crippen LogP) is 0.381. The Bertz CT molecular complexity index is 222. The van der Waals surface area contributed by atoms with E-state index in [0.29, 0.717) is 18.9 Å². The number of hydrazine groups is 1. The normalized spacial score (nSPS) is 10.4. The lowest BCUT2D eigenvalue weighted by Crippen LogP contribution is -2.34. The Kier molecular flexibility index (Phi) is 7.60. The first-order valence-corrected chi connectivity index (χ1v) is 5.22. The Morgan fingerprint density at radius 3 is 2.67 bits per heavy atom. The van der Waals surface area contributed by atoms with Gasteiger partial charge in [-0.25, -0.2) is 5.84 Å².